The highest BCUT2D eigenvalue weighted by atomic mass is 16.4. The number of carboxylic acids is 1. The summed E-state index contributed by atoms with van der Waals surface area (Å²) in [4.78, 5) is 10.5. The largest absolute Gasteiger partial charge is 0.479 e. The zero-order chi connectivity index (χ0) is 10.7. The monoisotopic (exact) mass is 190 g/mol. The summed E-state index contributed by atoms with van der Waals surface area (Å²) in [5.41, 5.74) is -2.47. The molecule has 4 heteroatoms. The molecule has 78 valence electrons. The van der Waals surface area contributed by atoms with E-state index in [0.717, 1.165) is 0 Å². The van der Waals surface area contributed by atoms with E-state index in [-0.39, 0.29) is 6.42 Å². The maximum absolute atomic E-state index is 10.5. The normalized spacial score (nSPS) is 16.7. The Hall–Kier alpha value is -0.610. The second kappa shape index (κ2) is 4.07. The van der Waals surface area contributed by atoms with E-state index >= 15 is 0 Å². The summed E-state index contributed by atoms with van der Waals surface area (Å²) < 4.78 is 0. The molecule has 0 aromatic rings. The van der Waals surface area contributed by atoms with Crippen LogP contribution in [0.1, 0.15) is 40.0 Å². The number of hydrogen-bond acceptors (Lipinski definition) is 3. The molecule has 0 unspecified atom stereocenters. The van der Waals surface area contributed by atoms with Gasteiger partial charge in [-0.25, -0.2) is 4.79 Å². The predicted octanol–water partition coefficient (Wildman–Crippen LogP) is 0.763. The first-order valence-corrected chi connectivity index (χ1v) is 4.33. The number of aliphatic hydroxyl groups is 2. The number of rotatable bonds is 5. The molecular weight excluding hydrogens is 172 g/mol. The molecule has 13 heavy (non-hydrogen) atoms. The number of carbonyl (C=O) groups is 1. The maximum atomic E-state index is 10.5. The van der Waals surface area contributed by atoms with E-state index < -0.39 is 17.2 Å². The summed E-state index contributed by atoms with van der Waals surface area (Å²) in [7, 11) is 0. The fraction of sp³-hybridized carbons (Fsp3) is 0.889. The highest BCUT2D eigenvalue weighted by molar-refractivity contribution is 5.76. The van der Waals surface area contributed by atoms with Crippen molar-refractivity contribution in [2.75, 3.05) is 0 Å². The van der Waals surface area contributed by atoms with E-state index in [1.807, 2.05) is 0 Å². The Balaban J connectivity index is 3.84. The Morgan fingerprint density at radius 2 is 1.62 bits per heavy atom. The summed E-state index contributed by atoms with van der Waals surface area (Å²) in [6.07, 6.45) is 1.13. The van der Waals surface area contributed by atoms with Gasteiger partial charge in [0.25, 0.3) is 0 Å². The van der Waals surface area contributed by atoms with Gasteiger partial charge in [0.15, 0.2) is 5.60 Å². The van der Waals surface area contributed by atoms with Crippen LogP contribution in [0.5, 0.6) is 0 Å². The molecule has 0 amide bonds. The Morgan fingerprint density at radius 3 is 1.92 bits per heavy atom. The van der Waals surface area contributed by atoms with Crippen LogP contribution < -0.4 is 0 Å². The van der Waals surface area contributed by atoms with Gasteiger partial charge in [0, 0.05) is 0 Å². The van der Waals surface area contributed by atoms with Gasteiger partial charge in [0.05, 0.1) is 5.60 Å². The van der Waals surface area contributed by atoms with Gasteiger partial charge in [-0.15, -0.1) is 0 Å². The fourth-order valence-electron chi connectivity index (χ4n) is 0.972. The molecule has 4 nitrogen and oxygen atoms in total. The van der Waals surface area contributed by atoms with Crippen molar-refractivity contribution >= 4 is 5.97 Å². The Kier molecular flexibility index (Phi) is 3.88. The minimum absolute atomic E-state index is 0.159. The van der Waals surface area contributed by atoms with Gasteiger partial charge in [0.1, 0.15) is 0 Å². The van der Waals surface area contributed by atoms with Crippen LogP contribution in [0.15, 0.2) is 0 Å². The minimum Gasteiger partial charge on any atom is -0.479 e. The lowest BCUT2D eigenvalue weighted by Gasteiger charge is -2.21. The standard InChI is InChI=1S/C9H18O4/c1-8(2,12)5-4-6-9(3,13)7(10)11/h12-13H,4-6H2,1-3H3,(H,10,11)/t9-/m0/s1. The van der Waals surface area contributed by atoms with Gasteiger partial charge in [-0.05, 0) is 40.0 Å². The Bertz CT molecular complexity index is 179. The molecule has 0 bridgehead atoms. The van der Waals surface area contributed by atoms with E-state index in [2.05, 4.69) is 0 Å². The number of carboxylic acid groups (broad SMARTS) is 1. The maximum Gasteiger partial charge on any atom is 0.335 e. The third-order valence-electron chi connectivity index (χ3n) is 1.91. The molecule has 0 rings (SSSR count). The molecular formula is C9H18O4. The van der Waals surface area contributed by atoms with Crippen LogP contribution >= 0.6 is 0 Å². The van der Waals surface area contributed by atoms with E-state index in [1.54, 1.807) is 13.8 Å². The molecule has 1 atom stereocenters. The van der Waals surface area contributed by atoms with Crippen molar-refractivity contribution in [1.82, 2.24) is 0 Å². The third-order valence-corrected chi connectivity index (χ3v) is 1.91. The van der Waals surface area contributed by atoms with Gasteiger partial charge < -0.3 is 15.3 Å². The summed E-state index contributed by atoms with van der Waals surface area (Å²) in [5.74, 6) is -1.22. The summed E-state index contributed by atoms with van der Waals surface area (Å²) in [6.45, 7) is 4.57. The van der Waals surface area contributed by atoms with E-state index in [4.69, 9.17) is 5.11 Å². The molecule has 0 aliphatic rings. The van der Waals surface area contributed by atoms with Crippen molar-refractivity contribution in [2.45, 2.75) is 51.2 Å². The van der Waals surface area contributed by atoms with Gasteiger partial charge in [-0.1, -0.05) is 0 Å². The predicted molar refractivity (Wildman–Crippen MR) is 48.4 cm³/mol. The highest BCUT2D eigenvalue weighted by Crippen LogP contribution is 2.18. The molecule has 0 aliphatic carbocycles. The van der Waals surface area contributed by atoms with Crippen LogP contribution in [-0.4, -0.2) is 32.5 Å². The van der Waals surface area contributed by atoms with Crippen LogP contribution in [0.2, 0.25) is 0 Å². The van der Waals surface area contributed by atoms with Crippen molar-refractivity contribution in [3.8, 4) is 0 Å². The van der Waals surface area contributed by atoms with Crippen LogP contribution in [0, 0.1) is 0 Å². The first-order valence-electron chi connectivity index (χ1n) is 4.33. The molecule has 0 saturated carbocycles. The second-order valence-electron chi connectivity index (χ2n) is 4.24. The van der Waals surface area contributed by atoms with Crippen LogP contribution in [0.25, 0.3) is 0 Å². The molecule has 0 aliphatic heterocycles. The lowest BCUT2D eigenvalue weighted by molar-refractivity contribution is -0.157. The Labute approximate surface area is 78.2 Å². The van der Waals surface area contributed by atoms with Gasteiger partial charge >= 0.3 is 5.97 Å². The van der Waals surface area contributed by atoms with Crippen molar-refractivity contribution in [3.05, 3.63) is 0 Å². The zero-order valence-electron chi connectivity index (χ0n) is 8.37. The smallest absolute Gasteiger partial charge is 0.335 e. The van der Waals surface area contributed by atoms with Crippen molar-refractivity contribution in [1.29, 1.82) is 0 Å². The van der Waals surface area contributed by atoms with Gasteiger partial charge in [0.2, 0.25) is 0 Å². The van der Waals surface area contributed by atoms with Crippen LogP contribution in [-0.2, 0) is 4.79 Å². The molecule has 0 spiro atoms. The molecule has 0 radical (unpaired) electrons. The number of hydrogen-bond donors (Lipinski definition) is 3. The fourth-order valence-corrected chi connectivity index (χ4v) is 0.972. The molecule has 0 aromatic heterocycles. The van der Waals surface area contributed by atoms with E-state index in [1.165, 1.54) is 6.92 Å². The Morgan fingerprint density at radius 1 is 1.15 bits per heavy atom. The second-order valence-corrected chi connectivity index (χ2v) is 4.24. The topological polar surface area (TPSA) is 77.8 Å². The lowest BCUT2D eigenvalue weighted by atomic mass is 9.94. The van der Waals surface area contributed by atoms with Gasteiger partial charge in [-0.3, -0.25) is 0 Å². The molecule has 0 aromatic carbocycles. The minimum atomic E-state index is -1.68. The van der Waals surface area contributed by atoms with Crippen LogP contribution in [0.3, 0.4) is 0 Å². The zero-order valence-corrected chi connectivity index (χ0v) is 8.37. The van der Waals surface area contributed by atoms with E-state index in [0.29, 0.717) is 12.8 Å². The number of aliphatic carboxylic acids is 1. The van der Waals surface area contributed by atoms with Crippen molar-refractivity contribution < 1.29 is 20.1 Å². The quantitative estimate of drug-likeness (QED) is 0.598. The van der Waals surface area contributed by atoms with E-state index in [9.17, 15) is 15.0 Å². The van der Waals surface area contributed by atoms with Crippen LogP contribution in [0.4, 0.5) is 0 Å². The first-order chi connectivity index (χ1) is 5.65. The SMILES string of the molecule is CC(C)(O)CCC[C@](C)(O)C(=O)O. The molecule has 3 N–H and O–H groups in total. The summed E-state index contributed by atoms with van der Waals surface area (Å²) in [5, 5.41) is 27.2. The first kappa shape index (κ1) is 12.4. The lowest BCUT2D eigenvalue weighted by Crippen LogP contribution is -2.35. The third kappa shape index (κ3) is 5.60. The summed E-state index contributed by atoms with van der Waals surface area (Å²) >= 11 is 0. The summed E-state index contributed by atoms with van der Waals surface area (Å²) in [6, 6.07) is 0. The average molecular weight is 190 g/mol. The van der Waals surface area contributed by atoms with Crippen molar-refractivity contribution in [2.24, 2.45) is 0 Å². The highest BCUT2D eigenvalue weighted by Gasteiger charge is 2.29. The molecule has 0 saturated heterocycles. The average Bonchev–Trinajstić information content (AvgIpc) is 1.82. The molecule has 0 fully saturated rings. The van der Waals surface area contributed by atoms with Crippen molar-refractivity contribution in [3.63, 3.8) is 0 Å². The molecule has 0 heterocycles. The van der Waals surface area contributed by atoms with Gasteiger partial charge in [-0.2, -0.15) is 0 Å².